The average Bonchev–Trinajstić information content (AvgIpc) is 3.25. The van der Waals surface area contributed by atoms with E-state index in [2.05, 4.69) is 26.2 Å². The highest BCUT2D eigenvalue weighted by molar-refractivity contribution is 9.10. The molecule has 3 aromatic carbocycles. The molecule has 0 aliphatic rings. The van der Waals surface area contributed by atoms with E-state index in [4.69, 9.17) is 4.74 Å². The zero-order chi connectivity index (χ0) is 25.1. The van der Waals surface area contributed by atoms with E-state index in [1.807, 2.05) is 54.6 Å². The maximum absolute atomic E-state index is 12.5. The number of fused-ring (bicyclic) bond motifs is 1. The first-order chi connectivity index (χ1) is 17.5. The van der Waals surface area contributed by atoms with Crippen LogP contribution in [0.5, 0.6) is 11.5 Å². The van der Waals surface area contributed by atoms with Crippen LogP contribution in [0.2, 0.25) is 0 Å². The molecular formula is C28H20BrN3O4. The molecule has 5 aromatic rings. The Kier molecular flexibility index (Phi) is 6.51. The molecule has 2 N–H and O–H groups in total. The summed E-state index contributed by atoms with van der Waals surface area (Å²) in [6.45, 7) is 0.302. The Morgan fingerprint density at radius 1 is 0.944 bits per heavy atom. The van der Waals surface area contributed by atoms with Gasteiger partial charge in [-0.15, -0.1) is 0 Å². The van der Waals surface area contributed by atoms with Crippen LogP contribution in [0.25, 0.3) is 10.9 Å². The fourth-order valence-electron chi connectivity index (χ4n) is 3.90. The number of hydrogen-bond acceptors (Lipinski definition) is 4. The van der Waals surface area contributed by atoms with E-state index in [1.165, 1.54) is 0 Å². The van der Waals surface area contributed by atoms with Gasteiger partial charge in [-0.25, -0.2) is 4.79 Å². The van der Waals surface area contributed by atoms with Gasteiger partial charge in [0, 0.05) is 34.2 Å². The van der Waals surface area contributed by atoms with Crippen LogP contribution >= 0.6 is 15.9 Å². The summed E-state index contributed by atoms with van der Waals surface area (Å²) in [5, 5.41) is 13.4. The SMILES string of the molecule is O=C(Nc1cccnc1)c1ccc(Cn2c(C(=O)O)cc3c(Br)cc(Oc4ccccc4)cc32)cc1. The monoisotopic (exact) mass is 541 g/mol. The van der Waals surface area contributed by atoms with Crippen molar-refractivity contribution >= 4 is 44.4 Å². The fraction of sp³-hybridized carbons (Fsp3) is 0.0357. The highest BCUT2D eigenvalue weighted by Gasteiger charge is 2.18. The number of carboxylic acid groups (broad SMARTS) is 1. The van der Waals surface area contributed by atoms with Gasteiger partial charge >= 0.3 is 5.97 Å². The van der Waals surface area contributed by atoms with E-state index in [9.17, 15) is 14.7 Å². The first-order valence-corrected chi connectivity index (χ1v) is 11.9. The van der Waals surface area contributed by atoms with E-state index in [0.29, 0.717) is 34.8 Å². The number of aromatic carboxylic acids is 1. The molecule has 0 aliphatic carbocycles. The van der Waals surface area contributed by atoms with Gasteiger partial charge in [0.2, 0.25) is 0 Å². The lowest BCUT2D eigenvalue weighted by Gasteiger charge is -2.12. The van der Waals surface area contributed by atoms with Crippen molar-refractivity contribution in [2.45, 2.75) is 6.54 Å². The lowest BCUT2D eigenvalue weighted by atomic mass is 10.1. The van der Waals surface area contributed by atoms with Crippen molar-refractivity contribution in [1.29, 1.82) is 0 Å². The Morgan fingerprint density at radius 3 is 2.42 bits per heavy atom. The van der Waals surface area contributed by atoms with Crippen LogP contribution in [0.1, 0.15) is 26.4 Å². The van der Waals surface area contributed by atoms with E-state index in [0.717, 1.165) is 15.4 Å². The number of hydrogen-bond donors (Lipinski definition) is 2. The molecule has 7 nitrogen and oxygen atoms in total. The van der Waals surface area contributed by atoms with Crippen molar-refractivity contribution in [2.75, 3.05) is 5.32 Å². The van der Waals surface area contributed by atoms with Gasteiger partial charge in [-0.05, 0) is 70.0 Å². The van der Waals surface area contributed by atoms with E-state index >= 15 is 0 Å². The van der Waals surface area contributed by atoms with Crippen LogP contribution in [0.4, 0.5) is 5.69 Å². The second-order valence-corrected chi connectivity index (χ2v) is 8.92. The summed E-state index contributed by atoms with van der Waals surface area (Å²) in [7, 11) is 0. The number of carbonyl (C=O) groups is 2. The third-order valence-electron chi connectivity index (χ3n) is 5.62. The number of rotatable bonds is 7. The zero-order valence-electron chi connectivity index (χ0n) is 18.9. The number of benzene rings is 3. The number of halogens is 1. The summed E-state index contributed by atoms with van der Waals surface area (Å²) in [5.74, 6) is -0.0188. The molecule has 178 valence electrons. The number of carboxylic acids is 1. The lowest BCUT2D eigenvalue weighted by molar-refractivity contribution is 0.0686. The third kappa shape index (κ3) is 4.99. The molecule has 2 heterocycles. The maximum Gasteiger partial charge on any atom is 0.352 e. The fourth-order valence-corrected chi connectivity index (χ4v) is 4.45. The zero-order valence-corrected chi connectivity index (χ0v) is 20.5. The van der Waals surface area contributed by atoms with Crippen LogP contribution in [0, 0.1) is 0 Å². The first-order valence-electron chi connectivity index (χ1n) is 11.1. The lowest BCUT2D eigenvalue weighted by Crippen LogP contribution is -2.12. The van der Waals surface area contributed by atoms with E-state index in [-0.39, 0.29) is 11.6 Å². The van der Waals surface area contributed by atoms with Crippen LogP contribution in [-0.2, 0) is 6.54 Å². The number of pyridine rings is 1. The standard InChI is InChI=1S/C28H20BrN3O4/c29-24-13-22(36-21-6-2-1-3-7-21)14-25-23(24)15-26(28(34)35)32(25)17-18-8-10-19(11-9-18)27(33)31-20-5-4-12-30-16-20/h1-16H,17H2,(H,31,33)(H,34,35). The number of carbonyl (C=O) groups excluding carboxylic acids is 1. The van der Waals surface area contributed by atoms with Gasteiger partial charge in [0.05, 0.1) is 17.4 Å². The van der Waals surface area contributed by atoms with Crippen LogP contribution < -0.4 is 10.1 Å². The summed E-state index contributed by atoms with van der Waals surface area (Å²) in [6, 6.07) is 25.2. The van der Waals surface area contributed by atoms with Crippen molar-refractivity contribution in [3.8, 4) is 11.5 Å². The van der Waals surface area contributed by atoms with Gasteiger partial charge in [-0.2, -0.15) is 0 Å². The molecule has 0 spiro atoms. The third-order valence-corrected chi connectivity index (χ3v) is 6.27. The highest BCUT2D eigenvalue weighted by atomic mass is 79.9. The summed E-state index contributed by atoms with van der Waals surface area (Å²) in [6.07, 6.45) is 3.21. The van der Waals surface area contributed by atoms with E-state index in [1.54, 1.807) is 47.3 Å². The van der Waals surface area contributed by atoms with Crippen molar-refractivity contribution < 1.29 is 19.4 Å². The van der Waals surface area contributed by atoms with Crippen LogP contribution in [0.3, 0.4) is 0 Å². The molecule has 0 saturated carbocycles. The van der Waals surface area contributed by atoms with Gasteiger partial charge < -0.3 is 19.7 Å². The second kappa shape index (κ2) is 10.1. The number of ether oxygens (including phenoxy) is 1. The Balaban J connectivity index is 1.44. The molecule has 1 amide bonds. The Bertz CT molecular complexity index is 1550. The van der Waals surface area contributed by atoms with Crippen molar-refractivity contribution in [1.82, 2.24) is 9.55 Å². The molecule has 8 heteroatoms. The summed E-state index contributed by atoms with van der Waals surface area (Å²) < 4.78 is 8.45. The Hall–Kier alpha value is -4.43. The molecule has 36 heavy (non-hydrogen) atoms. The largest absolute Gasteiger partial charge is 0.477 e. The average molecular weight is 542 g/mol. The smallest absolute Gasteiger partial charge is 0.352 e. The Labute approximate surface area is 215 Å². The van der Waals surface area contributed by atoms with Crippen molar-refractivity contribution in [3.63, 3.8) is 0 Å². The summed E-state index contributed by atoms with van der Waals surface area (Å²) in [5.41, 5.74) is 2.81. The van der Waals surface area contributed by atoms with Gasteiger partial charge in [0.25, 0.3) is 5.91 Å². The number of nitrogens with one attached hydrogen (secondary N) is 1. The van der Waals surface area contributed by atoms with Crippen LogP contribution in [-0.4, -0.2) is 26.5 Å². The second-order valence-electron chi connectivity index (χ2n) is 8.07. The quantitative estimate of drug-likeness (QED) is 0.242. The van der Waals surface area contributed by atoms with Crippen molar-refractivity contribution in [3.05, 3.63) is 119 Å². The molecule has 0 aliphatic heterocycles. The first kappa shape index (κ1) is 23.3. The van der Waals surface area contributed by atoms with Gasteiger partial charge in [-0.3, -0.25) is 9.78 Å². The number of nitrogens with zero attached hydrogens (tertiary/aromatic N) is 2. The van der Waals surface area contributed by atoms with E-state index < -0.39 is 5.97 Å². The number of aromatic nitrogens is 2. The molecule has 0 atom stereocenters. The van der Waals surface area contributed by atoms with Gasteiger partial charge in [0.15, 0.2) is 0 Å². The van der Waals surface area contributed by atoms with Gasteiger partial charge in [0.1, 0.15) is 17.2 Å². The topological polar surface area (TPSA) is 93.5 Å². The molecule has 2 aromatic heterocycles. The molecular weight excluding hydrogens is 522 g/mol. The predicted molar refractivity (Wildman–Crippen MR) is 141 cm³/mol. The van der Waals surface area contributed by atoms with Crippen molar-refractivity contribution in [2.24, 2.45) is 0 Å². The molecule has 0 saturated heterocycles. The molecule has 0 radical (unpaired) electrons. The number of amides is 1. The molecule has 0 fully saturated rings. The normalized spacial score (nSPS) is 10.8. The summed E-state index contributed by atoms with van der Waals surface area (Å²) >= 11 is 3.56. The maximum atomic E-state index is 12.5. The number of anilines is 1. The predicted octanol–water partition coefficient (Wildman–Crippen LogP) is 6.59. The minimum Gasteiger partial charge on any atom is -0.477 e. The molecule has 0 unspecified atom stereocenters. The van der Waals surface area contributed by atoms with Gasteiger partial charge in [-0.1, -0.05) is 30.3 Å². The molecule has 0 bridgehead atoms. The summed E-state index contributed by atoms with van der Waals surface area (Å²) in [4.78, 5) is 28.6. The van der Waals surface area contributed by atoms with Crippen LogP contribution in [0.15, 0.2) is 102 Å². The molecule has 5 rings (SSSR count). The number of para-hydroxylation sites is 1. The minimum absolute atomic E-state index is 0.154. The Morgan fingerprint density at radius 2 is 1.72 bits per heavy atom. The highest BCUT2D eigenvalue weighted by Crippen LogP contribution is 2.34. The minimum atomic E-state index is -1.03.